The lowest BCUT2D eigenvalue weighted by Gasteiger charge is -2.50. The molecule has 0 spiro atoms. The molecule has 2 nitrogen and oxygen atoms in total. The van der Waals surface area contributed by atoms with Gasteiger partial charge in [-0.15, -0.1) is 0 Å². The van der Waals surface area contributed by atoms with E-state index in [1.807, 2.05) is 0 Å². The van der Waals surface area contributed by atoms with E-state index in [1.165, 1.54) is 12.1 Å². The second-order valence-corrected chi connectivity index (χ2v) is 8.01. The molecule has 0 amide bonds. The summed E-state index contributed by atoms with van der Waals surface area (Å²) in [7, 11) is 0. The van der Waals surface area contributed by atoms with Crippen molar-refractivity contribution in [3.63, 3.8) is 0 Å². The summed E-state index contributed by atoms with van der Waals surface area (Å²) in [6, 6.07) is 4.57. The summed E-state index contributed by atoms with van der Waals surface area (Å²) >= 11 is 0. The fraction of sp³-hybridized carbons (Fsp3) is 0.556. The van der Waals surface area contributed by atoms with Crippen molar-refractivity contribution in [3.05, 3.63) is 35.9 Å². The maximum Gasteiger partial charge on any atom is 0.125 e. The molecular weight excluding hydrogens is 263 g/mol. The Morgan fingerprint density at radius 2 is 1.43 bits per heavy atom. The van der Waals surface area contributed by atoms with E-state index in [4.69, 9.17) is 4.98 Å². The highest BCUT2D eigenvalue weighted by molar-refractivity contribution is 5.74. The van der Waals surface area contributed by atoms with Crippen molar-refractivity contribution in [2.24, 2.45) is 10.8 Å². The molecule has 0 N–H and O–H groups in total. The third-order valence-corrected chi connectivity index (χ3v) is 5.02. The number of nitrogens with zero attached hydrogens (tertiary/aromatic N) is 2. The van der Waals surface area contributed by atoms with Gasteiger partial charge in [0, 0.05) is 17.7 Å². The molecule has 0 unspecified atom stereocenters. The van der Waals surface area contributed by atoms with Crippen molar-refractivity contribution in [2.45, 2.75) is 53.9 Å². The average Bonchev–Trinajstić information content (AvgIpc) is 2.34. The van der Waals surface area contributed by atoms with Crippen LogP contribution in [0.15, 0.2) is 24.4 Å². The molecular formula is C18H25FN2. The summed E-state index contributed by atoms with van der Waals surface area (Å²) in [5.41, 5.74) is 2.19. The Bertz CT molecular complexity index is 649. The normalized spacial score (nSPS) is 13.7. The number of rotatable bonds is 1. The van der Waals surface area contributed by atoms with Crippen molar-refractivity contribution in [1.82, 2.24) is 9.97 Å². The van der Waals surface area contributed by atoms with E-state index in [0.717, 1.165) is 11.2 Å². The van der Waals surface area contributed by atoms with E-state index >= 15 is 0 Å². The molecule has 2 aromatic rings. The first-order valence-corrected chi connectivity index (χ1v) is 7.39. The lowest BCUT2D eigenvalue weighted by Crippen LogP contribution is -2.48. The summed E-state index contributed by atoms with van der Waals surface area (Å²) < 4.78 is 13.3. The van der Waals surface area contributed by atoms with Crippen LogP contribution in [0.1, 0.15) is 54.2 Å². The van der Waals surface area contributed by atoms with Gasteiger partial charge in [-0.05, 0) is 23.0 Å². The van der Waals surface area contributed by atoms with Gasteiger partial charge in [0.2, 0.25) is 0 Å². The molecule has 114 valence electrons. The minimum atomic E-state index is -0.279. The first-order chi connectivity index (χ1) is 9.47. The van der Waals surface area contributed by atoms with Gasteiger partial charge in [0.15, 0.2) is 0 Å². The third kappa shape index (κ3) is 2.54. The predicted octanol–water partition coefficient (Wildman–Crippen LogP) is 5.12. The SMILES string of the molecule is CC(C)(C)C(C)(c1cnc2cc(F)ccc2n1)C(C)(C)C. The van der Waals surface area contributed by atoms with Crippen LogP contribution in [0, 0.1) is 16.6 Å². The van der Waals surface area contributed by atoms with E-state index in [9.17, 15) is 4.39 Å². The molecule has 21 heavy (non-hydrogen) atoms. The number of aromatic nitrogens is 2. The van der Waals surface area contributed by atoms with Crippen LogP contribution in [0.2, 0.25) is 0 Å². The molecule has 0 aliphatic heterocycles. The van der Waals surface area contributed by atoms with Crippen molar-refractivity contribution < 1.29 is 4.39 Å². The van der Waals surface area contributed by atoms with Crippen LogP contribution >= 0.6 is 0 Å². The van der Waals surface area contributed by atoms with Crippen molar-refractivity contribution in [1.29, 1.82) is 0 Å². The van der Waals surface area contributed by atoms with Crippen LogP contribution in [0.5, 0.6) is 0 Å². The Morgan fingerprint density at radius 3 is 1.95 bits per heavy atom. The highest BCUT2D eigenvalue weighted by Crippen LogP contribution is 2.52. The molecule has 1 aromatic heterocycles. The van der Waals surface area contributed by atoms with Crippen LogP contribution in [-0.4, -0.2) is 9.97 Å². The molecule has 0 fully saturated rings. The molecule has 0 saturated carbocycles. The average molecular weight is 288 g/mol. The molecule has 1 aromatic carbocycles. The van der Waals surface area contributed by atoms with E-state index < -0.39 is 0 Å². The zero-order valence-corrected chi connectivity index (χ0v) is 14.1. The smallest absolute Gasteiger partial charge is 0.125 e. The molecule has 0 bridgehead atoms. The van der Waals surface area contributed by atoms with Crippen molar-refractivity contribution in [3.8, 4) is 0 Å². The van der Waals surface area contributed by atoms with Gasteiger partial charge in [0.25, 0.3) is 0 Å². The standard InChI is InChI=1S/C18H25FN2/c1-16(2,3)18(7,17(4,5)6)15-11-20-14-10-12(19)8-9-13(14)21-15/h8-11H,1-7H3. The summed E-state index contributed by atoms with van der Waals surface area (Å²) in [4.78, 5) is 9.22. The van der Waals surface area contributed by atoms with Gasteiger partial charge < -0.3 is 0 Å². The van der Waals surface area contributed by atoms with E-state index in [1.54, 1.807) is 12.3 Å². The molecule has 0 atom stereocenters. The van der Waals surface area contributed by atoms with Crippen LogP contribution in [0.3, 0.4) is 0 Å². The maximum atomic E-state index is 13.3. The zero-order valence-electron chi connectivity index (χ0n) is 14.1. The Morgan fingerprint density at radius 1 is 0.857 bits per heavy atom. The quantitative estimate of drug-likeness (QED) is 0.728. The maximum absolute atomic E-state index is 13.3. The number of halogens is 1. The zero-order chi connectivity index (χ0) is 16.1. The van der Waals surface area contributed by atoms with Crippen LogP contribution in [-0.2, 0) is 5.41 Å². The second-order valence-electron chi connectivity index (χ2n) is 8.01. The minimum absolute atomic E-state index is 0.0215. The lowest BCUT2D eigenvalue weighted by atomic mass is 9.54. The van der Waals surface area contributed by atoms with E-state index in [0.29, 0.717) is 5.52 Å². The first kappa shape index (κ1) is 15.9. The predicted molar refractivity (Wildman–Crippen MR) is 85.8 cm³/mol. The monoisotopic (exact) mass is 288 g/mol. The number of hydrogen-bond acceptors (Lipinski definition) is 2. The highest BCUT2D eigenvalue weighted by Gasteiger charge is 2.49. The lowest BCUT2D eigenvalue weighted by molar-refractivity contribution is 0.0652. The molecule has 3 heteroatoms. The number of hydrogen-bond donors (Lipinski definition) is 0. The molecule has 0 aliphatic carbocycles. The van der Waals surface area contributed by atoms with Crippen LogP contribution in [0.25, 0.3) is 11.0 Å². The molecule has 0 saturated heterocycles. The first-order valence-electron chi connectivity index (χ1n) is 7.39. The Hall–Kier alpha value is -1.51. The van der Waals surface area contributed by atoms with Crippen molar-refractivity contribution >= 4 is 11.0 Å². The van der Waals surface area contributed by atoms with E-state index in [-0.39, 0.29) is 22.1 Å². The second kappa shape index (κ2) is 4.75. The van der Waals surface area contributed by atoms with Gasteiger partial charge >= 0.3 is 0 Å². The molecule has 1 heterocycles. The molecule has 2 rings (SSSR count). The number of fused-ring (bicyclic) bond motifs is 1. The van der Waals surface area contributed by atoms with Crippen molar-refractivity contribution in [2.75, 3.05) is 0 Å². The van der Waals surface area contributed by atoms with Gasteiger partial charge in [-0.2, -0.15) is 0 Å². The van der Waals surface area contributed by atoms with Gasteiger partial charge in [-0.1, -0.05) is 48.5 Å². The minimum Gasteiger partial charge on any atom is -0.253 e. The van der Waals surface area contributed by atoms with E-state index in [2.05, 4.69) is 53.5 Å². The fourth-order valence-electron chi connectivity index (χ4n) is 3.12. The van der Waals surface area contributed by atoms with Gasteiger partial charge in [0.05, 0.1) is 16.7 Å². The van der Waals surface area contributed by atoms with Gasteiger partial charge in [-0.25, -0.2) is 9.37 Å². The van der Waals surface area contributed by atoms with Gasteiger partial charge in [-0.3, -0.25) is 4.98 Å². The van der Waals surface area contributed by atoms with Crippen LogP contribution in [0.4, 0.5) is 4.39 Å². The summed E-state index contributed by atoms with van der Waals surface area (Å²) in [6.45, 7) is 15.6. The summed E-state index contributed by atoms with van der Waals surface area (Å²) in [5, 5.41) is 0. The Kier molecular flexibility index (Phi) is 3.59. The Balaban J connectivity index is 2.70. The fourth-order valence-corrected chi connectivity index (χ4v) is 3.12. The topological polar surface area (TPSA) is 25.8 Å². The Labute approximate surface area is 126 Å². The number of benzene rings is 1. The molecule has 0 radical (unpaired) electrons. The third-order valence-electron chi connectivity index (χ3n) is 5.02. The largest absolute Gasteiger partial charge is 0.253 e. The molecule has 0 aliphatic rings. The van der Waals surface area contributed by atoms with Crippen LogP contribution < -0.4 is 0 Å². The highest BCUT2D eigenvalue weighted by atomic mass is 19.1. The van der Waals surface area contributed by atoms with Gasteiger partial charge in [0.1, 0.15) is 5.82 Å². The summed E-state index contributed by atoms with van der Waals surface area (Å²) in [5.74, 6) is -0.279. The summed E-state index contributed by atoms with van der Waals surface area (Å²) in [6.07, 6.45) is 1.80.